The molecule has 3 rings (SSSR count). The van der Waals surface area contributed by atoms with Crippen LogP contribution in [0.2, 0.25) is 0 Å². The van der Waals surface area contributed by atoms with Crippen LogP contribution in [0.4, 0.5) is 0 Å². The van der Waals surface area contributed by atoms with Gasteiger partial charge in [-0.1, -0.05) is 0 Å². The molecule has 0 bridgehead atoms. The summed E-state index contributed by atoms with van der Waals surface area (Å²) in [6.45, 7) is 3.32. The quantitative estimate of drug-likeness (QED) is 0.829. The van der Waals surface area contributed by atoms with Crippen molar-refractivity contribution >= 4 is 10.0 Å². The SMILES string of the molecule is Cn1ccnc1CN1CCC[C@]2(CCCN2S(C)(=O)=O)C1. The van der Waals surface area contributed by atoms with E-state index in [1.54, 1.807) is 4.31 Å². The fourth-order valence-corrected chi connectivity index (χ4v) is 5.33. The first-order chi connectivity index (χ1) is 9.91. The zero-order valence-electron chi connectivity index (χ0n) is 12.8. The lowest BCUT2D eigenvalue weighted by molar-refractivity contribution is 0.0818. The van der Waals surface area contributed by atoms with Gasteiger partial charge in [-0.3, -0.25) is 4.90 Å². The van der Waals surface area contributed by atoms with Gasteiger partial charge in [-0.05, 0) is 32.2 Å². The summed E-state index contributed by atoms with van der Waals surface area (Å²) in [5.74, 6) is 1.04. The van der Waals surface area contributed by atoms with Gasteiger partial charge in [-0.2, -0.15) is 4.31 Å². The molecule has 2 aliphatic rings. The van der Waals surface area contributed by atoms with Gasteiger partial charge in [0, 0.05) is 38.1 Å². The fraction of sp³-hybridized carbons (Fsp3) is 0.786. The summed E-state index contributed by atoms with van der Waals surface area (Å²) in [5.41, 5.74) is -0.184. The molecule has 1 atom stereocenters. The monoisotopic (exact) mass is 312 g/mol. The summed E-state index contributed by atoms with van der Waals surface area (Å²) >= 11 is 0. The predicted molar refractivity (Wildman–Crippen MR) is 81.2 cm³/mol. The van der Waals surface area contributed by atoms with Gasteiger partial charge >= 0.3 is 0 Å². The molecule has 0 radical (unpaired) electrons. The molecular formula is C14H24N4O2S. The highest BCUT2D eigenvalue weighted by molar-refractivity contribution is 7.88. The van der Waals surface area contributed by atoms with Crippen molar-refractivity contribution in [1.29, 1.82) is 0 Å². The van der Waals surface area contributed by atoms with Crippen LogP contribution >= 0.6 is 0 Å². The van der Waals surface area contributed by atoms with E-state index in [1.165, 1.54) is 6.26 Å². The zero-order valence-corrected chi connectivity index (χ0v) is 13.6. The Hall–Kier alpha value is -0.920. The van der Waals surface area contributed by atoms with Crippen molar-refractivity contribution in [2.24, 2.45) is 7.05 Å². The van der Waals surface area contributed by atoms with Crippen molar-refractivity contribution in [2.75, 3.05) is 25.9 Å². The summed E-state index contributed by atoms with van der Waals surface area (Å²) in [5, 5.41) is 0. The number of sulfonamides is 1. The molecule has 1 aromatic rings. The highest BCUT2D eigenvalue weighted by Gasteiger charge is 2.47. The summed E-state index contributed by atoms with van der Waals surface area (Å²) < 4.78 is 27.9. The first kappa shape index (κ1) is 15.0. The molecule has 0 aromatic carbocycles. The number of aromatic nitrogens is 2. The number of hydrogen-bond acceptors (Lipinski definition) is 4. The molecule has 2 fully saturated rings. The van der Waals surface area contributed by atoms with Crippen LogP contribution in [-0.2, 0) is 23.6 Å². The minimum Gasteiger partial charge on any atom is -0.337 e. The van der Waals surface area contributed by atoms with E-state index < -0.39 is 10.0 Å². The van der Waals surface area contributed by atoms with Crippen LogP contribution in [0.1, 0.15) is 31.5 Å². The Morgan fingerprint density at radius 2 is 2.00 bits per heavy atom. The minimum absolute atomic E-state index is 0.184. The molecule has 3 heterocycles. The van der Waals surface area contributed by atoms with Crippen LogP contribution in [0, 0.1) is 0 Å². The number of piperidine rings is 1. The van der Waals surface area contributed by atoms with Crippen LogP contribution in [0.25, 0.3) is 0 Å². The molecule has 2 aliphatic heterocycles. The molecule has 0 N–H and O–H groups in total. The van der Waals surface area contributed by atoms with Crippen LogP contribution in [0.3, 0.4) is 0 Å². The van der Waals surface area contributed by atoms with Gasteiger partial charge in [0.25, 0.3) is 0 Å². The number of imidazole rings is 1. The average Bonchev–Trinajstić information content (AvgIpc) is 2.97. The Morgan fingerprint density at radius 3 is 2.62 bits per heavy atom. The molecule has 21 heavy (non-hydrogen) atoms. The molecule has 1 spiro atoms. The Bertz CT molecular complexity index is 612. The lowest BCUT2D eigenvalue weighted by Gasteiger charge is -2.44. The third-order valence-corrected chi connectivity index (χ3v) is 6.22. The number of likely N-dealkylation sites (tertiary alicyclic amines) is 1. The van der Waals surface area contributed by atoms with Crippen LogP contribution < -0.4 is 0 Å². The smallest absolute Gasteiger partial charge is 0.211 e. The third-order valence-electron chi connectivity index (χ3n) is 4.85. The average molecular weight is 312 g/mol. The normalized spacial score (nSPS) is 28.5. The number of nitrogens with zero attached hydrogens (tertiary/aromatic N) is 4. The van der Waals surface area contributed by atoms with E-state index in [0.29, 0.717) is 6.54 Å². The maximum Gasteiger partial charge on any atom is 0.211 e. The zero-order chi connectivity index (χ0) is 15.1. The van der Waals surface area contributed by atoms with Gasteiger partial charge in [0.05, 0.1) is 12.8 Å². The highest BCUT2D eigenvalue weighted by atomic mass is 32.2. The maximum absolute atomic E-state index is 12.1. The minimum atomic E-state index is -3.12. The maximum atomic E-state index is 12.1. The Kier molecular flexibility index (Phi) is 3.83. The van der Waals surface area contributed by atoms with Crippen LogP contribution in [-0.4, -0.2) is 58.6 Å². The topological polar surface area (TPSA) is 58.4 Å². The van der Waals surface area contributed by atoms with Crippen LogP contribution in [0.15, 0.2) is 12.4 Å². The van der Waals surface area contributed by atoms with Crippen molar-refractivity contribution in [3.8, 4) is 0 Å². The molecule has 118 valence electrons. The Labute approximate surface area is 126 Å². The number of rotatable bonds is 3. The first-order valence-electron chi connectivity index (χ1n) is 7.57. The van der Waals surface area contributed by atoms with E-state index in [-0.39, 0.29) is 5.54 Å². The lowest BCUT2D eigenvalue weighted by Crippen LogP contribution is -2.56. The van der Waals surface area contributed by atoms with Crippen LogP contribution in [0.5, 0.6) is 0 Å². The Morgan fingerprint density at radius 1 is 1.29 bits per heavy atom. The number of hydrogen-bond donors (Lipinski definition) is 0. The van der Waals surface area contributed by atoms with E-state index in [1.807, 2.05) is 24.0 Å². The molecule has 0 amide bonds. The molecule has 6 nitrogen and oxygen atoms in total. The van der Waals surface area contributed by atoms with Gasteiger partial charge in [0.1, 0.15) is 5.82 Å². The van der Waals surface area contributed by atoms with Crippen molar-refractivity contribution in [3.63, 3.8) is 0 Å². The second-order valence-electron chi connectivity index (χ2n) is 6.43. The molecule has 0 aliphatic carbocycles. The van der Waals surface area contributed by atoms with E-state index in [0.717, 1.165) is 51.1 Å². The first-order valence-corrected chi connectivity index (χ1v) is 9.42. The standard InChI is InChI=1S/C14H24N4O2S/c1-16-10-7-15-13(16)11-17-8-3-5-14(12-17)6-4-9-18(14)21(2,19)20/h7,10H,3-6,8-9,11-12H2,1-2H3/t14-/m0/s1. The predicted octanol–water partition coefficient (Wildman–Crippen LogP) is 0.810. The summed E-state index contributed by atoms with van der Waals surface area (Å²) in [6.07, 6.45) is 9.10. The Balaban J connectivity index is 1.77. The van der Waals surface area contributed by atoms with Gasteiger partial charge < -0.3 is 4.57 Å². The largest absolute Gasteiger partial charge is 0.337 e. The summed E-state index contributed by atoms with van der Waals surface area (Å²) in [6, 6.07) is 0. The summed E-state index contributed by atoms with van der Waals surface area (Å²) in [4.78, 5) is 6.74. The molecule has 7 heteroatoms. The van der Waals surface area contributed by atoms with E-state index in [4.69, 9.17) is 0 Å². The van der Waals surface area contributed by atoms with Crippen molar-refractivity contribution in [1.82, 2.24) is 18.8 Å². The van der Waals surface area contributed by atoms with Crippen molar-refractivity contribution in [2.45, 2.75) is 37.8 Å². The second kappa shape index (κ2) is 5.37. The number of aryl methyl sites for hydroxylation is 1. The lowest BCUT2D eigenvalue weighted by atomic mass is 9.87. The van der Waals surface area contributed by atoms with E-state index >= 15 is 0 Å². The summed E-state index contributed by atoms with van der Waals surface area (Å²) in [7, 11) is -1.12. The van der Waals surface area contributed by atoms with E-state index in [2.05, 4.69) is 9.88 Å². The van der Waals surface area contributed by atoms with Gasteiger partial charge in [0.15, 0.2) is 0 Å². The molecule has 1 aromatic heterocycles. The van der Waals surface area contributed by atoms with Gasteiger partial charge in [0.2, 0.25) is 10.0 Å². The van der Waals surface area contributed by atoms with Gasteiger partial charge in [-0.15, -0.1) is 0 Å². The second-order valence-corrected chi connectivity index (χ2v) is 8.34. The molecule has 0 unspecified atom stereocenters. The fourth-order valence-electron chi connectivity index (χ4n) is 3.93. The molecule has 0 saturated carbocycles. The molecule has 2 saturated heterocycles. The van der Waals surface area contributed by atoms with Gasteiger partial charge in [-0.25, -0.2) is 13.4 Å². The van der Waals surface area contributed by atoms with Crippen molar-refractivity contribution < 1.29 is 8.42 Å². The van der Waals surface area contributed by atoms with Crippen molar-refractivity contribution in [3.05, 3.63) is 18.2 Å². The van der Waals surface area contributed by atoms with E-state index in [9.17, 15) is 8.42 Å². The third kappa shape index (κ3) is 2.86. The molecular weight excluding hydrogens is 288 g/mol. The highest BCUT2D eigenvalue weighted by Crippen LogP contribution is 2.39.